The molecule has 3 atom stereocenters. The third kappa shape index (κ3) is 2.75. The first kappa shape index (κ1) is 11.4. The Balaban J connectivity index is 1.95. The summed E-state index contributed by atoms with van der Waals surface area (Å²) in [6.07, 6.45) is 11.7. The van der Waals surface area contributed by atoms with Gasteiger partial charge in [0.25, 0.3) is 0 Å². The lowest BCUT2D eigenvalue weighted by Gasteiger charge is -2.41. The molecule has 3 unspecified atom stereocenters. The minimum atomic E-state index is 0.851. The third-order valence-corrected chi connectivity index (χ3v) is 4.87. The average molecular weight is 209 g/mol. The Labute approximate surface area is 94.8 Å². The molecule has 0 spiro atoms. The highest BCUT2D eigenvalue weighted by atomic mass is 14.6. The first-order chi connectivity index (χ1) is 7.31. The second-order valence-corrected chi connectivity index (χ2v) is 5.98. The number of hydrogen-bond donors (Lipinski definition) is 1. The van der Waals surface area contributed by atoms with Gasteiger partial charge in [-0.05, 0) is 43.1 Å². The van der Waals surface area contributed by atoms with Gasteiger partial charge in [-0.1, -0.05) is 45.4 Å². The zero-order valence-corrected chi connectivity index (χ0v) is 10.3. The van der Waals surface area contributed by atoms with Crippen molar-refractivity contribution in [2.75, 3.05) is 6.54 Å². The van der Waals surface area contributed by atoms with Gasteiger partial charge in [0.15, 0.2) is 0 Å². The standard InChI is InChI=1S/C14H27N/c1-11-7-8-13(10-15)14(9-11)12-5-3-2-4-6-12/h11-14H,2-10,15H2,1H3. The van der Waals surface area contributed by atoms with Crippen LogP contribution in [0.3, 0.4) is 0 Å². The van der Waals surface area contributed by atoms with Crippen LogP contribution in [-0.4, -0.2) is 6.54 Å². The first-order valence-corrected chi connectivity index (χ1v) is 7.01. The highest BCUT2D eigenvalue weighted by Crippen LogP contribution is 2.42. The van der Waals surface area contributed by atoms with Crippen LogP contribution in [0.15, 0.2) is 0 Å². The van der Waals surface area contributed by atoms with Gasteiger partial charge >= 0.3 is 0 Å². The van der Waals surface area contributed by atoms with Crippen molar-refractivity contribution >= 4 is 0 Å². The van der Waals surface area contributed by atoms with E-state index < -0.39 is 0 Å². The first-order valence-electron chi connectivity index (χ1n) is 7.01. The third-order valence-electron chi connectivity index (χ3n) is 4.87. The van der Waals surface area contributed by atoms with Gasteiger partial charge in [-0.3, -0.25) is 0 Å². The van der Waals surface area contributed by atoms with Crippen molar-refractivity contribution in [3.8, 4) is 0 Å². The Morgan fingerprint density at radius 3 is 2.40 bits per heavy atom. The van der Waals surface area contributed by atoms with Crippen molar-refractivity contribution in [2.45, 2.75) is 58.3 Å². The van der Waals surface area contributed by atoms with Crippen LogP contribution in [0.2, 0.25) is 0 Å². The van der Waals surface area contributed by atoms with Crippen LogP contribution in [0.1, 0.15) is 58.3 Å². The lowest BCUT2D eigenvalue weighted by Crippen LogP contribution is -2.35. The molecule has 2 rings (SSSR count). The van der Waals surface area contributed by atoms with Crippen molar-refractivity contribution in [3.05, 3.63) is 0 Å². The average Bonchev–Trinajstić information content (AvgIpc) is 2.30. The van der Waals surface area contributed by atoms with E-state index in [2.05, 4.69) is 6.92 Å². The van der Waals surface area contributed by atoms with Gasteiger partial charge in [0.05, 0.1) is 0 Å². The quantitative estimate of drug-likeness (QED) is 0.739. The van der Waals surface area contributed by atoms with Gasteiger partial charge in [0.2, 0.25) is 0 Å². The molecule has 88 valence electrons. The van der Waals surface area contributed by atoms with Crippen LogP contribution in [0, 0.1) is 23.7 Å². The predicted octanol–water partition coefficient (Wildman–Crippen LogP) is 3.58. The molecule has 2 aliphatic rings. The molecule has 0 amide bonds. The highest BCUT2D eigenvalue weighted by molar-refractivity contribution is 4.85. The number of nitrogens with two attached hydrogens (primary N) is 1. The summed E-state index contributed by atoms with van der Waals surface area (Å²) in [6, 6.07) is 0. The van der Waals surface area contributed by atoms with E-state index in [9.17, 15) is 0 Å². The molecule has 0 aromatic heterocycles. The van der Waals surface area contributed by atoms with Crippen LogP contribution in [0.25, 0.3) is 0 Å². The molecule has 0 bridgehead atoms. The van der Waals surface area contributed by atoms with E-state index in [0.717, 1.165) is 30.2 Å². The molecule has 15 heavy (non-hydrogen) atoms. The number of rotatable bonds is 2. The molecule has 2 saturated carbocycles. The summed E-state index contributed by atoms with van der Waals surface area (Å²) < 4.78 is 0. The molecule has 0 radical (unpaired) electrons. The van der Waals surface area contributed by atoms with E-state index in [0.29, 0.717) is 0 Å². The van der Waals surface area contributed by atoms with Gasteiger partial charge in [0, 0.05) is 0 Å². The molecule has 1 nitrogen and oxygen atoms in total. The van der Waals surface area contributed by atoms with Crippen molar-refractivity contribution < 1.29 is 0 Å². The SMILES string of the molecule is CC1CCC(CN)C(C2CCCCC2)C1. The van der Waals surface area contributed by atoms with Crippen LogP contribution < -0.4 is 5.73 Å². The van der Waals surface area contributed by atoms with Gasteiger partial charge in [-0.25, -0.2) is 0 Å². The van der Waals surface area contributed by atoms with Crippen LogP contribution in [0.4, 0.5) is 0 Å². The van der Waals surface area contributed by atoms with Crippen molar-refractivity contribution in [2.24, 2.45) is 29.4 Å². The Hall–Kier alpha value is -0.0400. The summed E-state index contributed by atoms with van der Waals surface area (Å²) in [5, 5.41) is 0. The van der Waals surface area contributed by atoms with E-state index in [-0.39, 0.29) is 0 Å². The molecule has 0 heterocycles. The van der Waals surface area contributed by atoms with E-state index in [4.69, 9.17) is 5.73 Å². The van der Waals surface area contributed by atoms with Gasteiger partial charge in [-0.15, -0.1) is 0 Å². The summed E-state index contributed by atoms with van der Waals surface area (Å²) in [5.74, 6) is 3.80. The minimum Gasteiger partial charge on any atom is -0.330 e. The Morgan fingerprint density at radius 2 is 1.73 bits per heavy atom. The van der Waals surface area contributed by atoms with E-state index in [1.54, 1.807) is 0 Å². The maximum absolute atomic E-state index is 5.95. The molecule has 2 N–H and O–H groups in total. The largest absolute Gasteiger partial charge is 0.330 e. The number of hydrogen-bond acceptors (Lipinski definition) is 1. The lowest BCUT2D eigenvalue weighted by atomic mass is 9.65. The summed E-state index contributed by atoms with van der Waals surface area (Å²) in [7, 11) is 0. The molecular weight excluding hydrogens is 182 g/mol. The molecule has 2 fully saturated rings. The van der Waals surface area contributed by atoms with Crippen molar-refractivity contribution in [1.29, 1.82) is 0 Å². The fourth-order valence-corrected chi connectivity index (χ4v) is 3.92. The molecule has 0 aliphatic heterocycles. The maximum Gasteiger partial charge on any atom is -0.00461 e. The van der Waals surface area contributed by atoms with E-state index in [1.165, 1.54) is 51.4 Å². The summed E-state index contributed by atoms with van der Waals surface area (Å²) in [6.45, 7) is 3.37. The van der Waals surface area contributed by atoms with Gasteiger partial charge in [0.1, 0.15) is 0 Å². The van der Waals surface area contributed by atoms with Gasteiger partial charge in [-0.2, -0.15) is 0 Å². The second-order valence-electron chi connectivity index (χ2n) is 5.98. The topological polar surface area (TPSA) is 26.0 Å². The fourth-order valence-electron chi connectivity index (χ4n) is 3.92. The normalized spacial score (nSPS) is 39.2. The lowest BCUT2D eigenvalue weighted by molar-refractivity contribution is 0.106. The fraction of sp³-hybridized carbons (Fsp3) is 1.00. The molecular formula is C14H27N. The molecule has 2 aliphatic carbocycles. The van der Waals surface area contributed by atoms with Crippen molar-refractivity contribution in [1.82, 2.24) is 0 Å². The Kier molecular flexibility index (Phi) is 4.07. The molecule has 0 saturated heterocycles. The smallest absolute Gasteiger partial charge is 0.00461 e. The maximum atomic E-state index is 5.95. The monoisotopic (exact) mass is 209 g/mol. The Bertz CT molecular complexity index is 184. The molecule has 1 heteroatoms. The summed E-state index contributed by atoms with van der Waals surface area (Å²) in [4.78, 5) is 0. The van der Waals surface area contributed by atoms with Crippen molar-refractivity contribution in [3.63, 3.8) is 0 Å². The summed E-state index contributed by atoms with van der Waals surface area (Å²) in [5.41, 5.74) is 5.95. The zero-order valence-electron chi connectivity index (χ0n) is 10.3. The van der Waals surface area contributed by atoms with E-state index >= 15 is 0 Å². The van der Waals surface area contributed by atoms with Crippen LogP contribution >= 0.6 is 0 Å². The predicted molar refractivity (Wildman–Crippen MR) is 65.6 cm³/mol. The van der Waals surface area contributed by atoms with Crippen LogP contribution in [0.5, 0.6) is 0 Å². The minimum absolute atomic E-state index is 0.851. The zero-order chi connectivity index (χ0) is 10.7. The molecule has 0 aromatic rings. The second kappa shape index (κ2) is 5.34. The van der Waals surface area contributed by atoms with Crippen LogP contribution in [-0.2, 0) is 0 Å². The Morgan fingerprint density at radius 1 is 1.00 bits per heavy atom. The summed E-state index contributed by atoms with van der Waals surface area (Å²) >= 11 is 0. The van der Waals surface area contributed by atoms with Gasteiger partial charge < -0.3 is 5.73 Å². The highest BCUT2D eigenvalue weighted by Gasteiger charge is 2.33. The van der Waals surface area contributed by atoms with E-state index in [1.807, 2.05) is 0 Å². The molecule has 0 aromatic carbocycles.